The number of nitrogens with one attached hydrogen (secondary N) is 2. The molecule has 0 saturated carbocycles. The Balaban J connectivity index is 1.49. The Labute approximate surface area is 160 Å². The summed E-state index contributed by atoms with van der Waals surface area (Å²) in [5, 5.41) is 15.3. The van der Waals surface area contributed by atoms with Gasteiger partial charge >= 0.3 is 0 Å². The number of rotatable bonds is 7. The lowest BCUT2D eigenvalue weighted by molar-refractivity contribution is 0.593. The minimum atomic E-state index is -0.218. The second kappa shape index (κ2) is 10.0. The third kappa shape index (κ3) is 5.52. The lowest BCUT2D eigenvalue weighted by Gasteiger charge is -2.12. The number of aryl methyl sites for hydroxylation is 2. The Morgan fingerprint density at radius 3 is 2.93 bits per heavy atom. The highest BCUT2D eigenvalue weighted by atomic mass is 19.1. The van der Waals surface area contributed by atoms with Gasteiger partial charge in [-0.1, -0.05) is 24.6 Å². The maximum Gasteiger partial charge on any atom is 0.191 e. The number of nitrogens with zero attached hydrogens (tertiary/aromatic N) is 4. The quantitative estimate of drug-likeness (QED) is 0.446. The molecule has 1 aromatic carbocycles. The van der Waals surface area contributed by atoms with Crippen molar-refractivity contribution in [2.24, 2.45) is 4.99 Å². The van der Waals surface area contributed by atoms with Crippen LogP contribution < -0.4 is 10.6 Å². The van der Waals surface area contributed by atoms with Gasteiger partial charge in [0, 0.05) is 38.0 Å². The first kappa shape index (κ1) is 19.3. The van der Waals surface area contributed by atoms with E-state index in [1.54, 1.807) is 12.1 Å². The van der Waals surface area contributed by atoms with Crippen molar-refractivity contribution in [1.29, 1.82) is 0 Å². The summed E-state index contributed by atoms with van der Waals surface area (Å²) >= 11 is 0. The molecule has 2 N–H and O–H groups in total. The zero-order valence-corrected chi connectivity index (χ0v) is 16.0. The molecule has 0 saturated heterocycles. The standard InChI is InChI=1S/C20H29FN6/c1-2-22-20(24-15-16-9-5-6-10-17(16)21)23-13-8-12-19-26-25-18-11-4-3-7-14-27(18)19/h5-6,9-10H,2-4,7-8,11-15H2,1H3,(H2,22,23,24). The van der Waals surface area contributed by atoms with Gasteiger partial charge in [-0.25, -0.2) is 9.38 Å². The maximum atomic E-state index is 13.7. The highest BCUT2D eigenvalue weighted by Gasteiger charge is 2.14. The molecule has 0 fully saturated rings. The van der Waals surface area contributed by atoms with E-state index in [0.717, 1.165) is 50.5 Å². The largest absolute Gasteiger partial charge is 0.357 e. The Morgan fingerprint density at radius 2 is 2.07 bits per heavy atom. The first-order valence-electron chi connectivity index (χ1n) is 9.94. The van der Waals surface area contributed by atoms with Crippen LogP contribution in [0.2, 0.25) is 0 Å². The molecule has 0 radical (unpaired) electrons. The van der Waals surface area contributed by atoms with E-state index in [0.29, 0.717) is 18.1 Å². The number of benzene rings is 1. The summed E-state index contributed by atoms with van der Waals surface area (Å²) < 4.78 is 16.0. The van der Waals surface area contributed by atoms with Gasteiger partial charge in [-0.05, 0) is 32.3 Å². The number of aliphatic imine (C=N–C) groups is 1. The summed E-state index contributed by atoms with van der Waals surface area (Å²) in [4.78, 5) is 4.48. The Kier molecular flexibility index (Phi) is 7.19. The van der Waals surface area contributed by atoms with Crippen LogP contribution >= 0.6 is 0 Å². The van der Waals surface area contributed by atoms with E-state index in [2.05, 4.69) is 30.4 Å². The Bertz CT molecular complexity index is 755. The molecule has 2 heterocycles. The number of hydrogen-bond acceptors (Lipinski definition) is 3. The Morgan fingerprint density at radius 1 is 1.19 bits per heavy atom. The van der Waals surface area contributed by atoms with Crippen LogP contribution in [-0.4, -0.2) is 33.8 Å². The fourth-order valence-corrected chi connectivity index (χ4v) is 3.32. The van der Waals surface area contributed by atoms with Crippen LogP contribution in [0.4, 0.5) is 4.39 Å². The van der Waals surface area contributed by atoms with Crippen LogP contribution in [0.3, 0.4) is 0 Å². The van der Waals surface area contributed by atoms with Gasteiger partial charge in [0.1, 0.15) is 17.5 Å². The number of halogens is 1. The van der Waals surface area contributed by atoms with Crippen LogP contribution in [-0.2, 0) is 25.9 Å². The van der Waals surface area contributed by atoms with Crippen LogP contribution in [0.1, 0.15) is 49.8 Å². The van der Waals surface area contributed by atoms with E-state index in [-0.39, 0.29) is 5.82 Å². The van der Waals surface area contributed by atoms with Gasteiger partial charge in [0.25, 0.3) is 0 Å². The lowest BCUT2D eigenvalue weighted by atomic mass is 10.2. The first-order chi connectivity index (χ1) is 13.3. The molecule has 27 heavy (non-hydrogen) atoms. The monoisotopic (exact) mass is 372 g/mol. The molecule has 1 aliphatic rings. The molecule has 1 aromatic heterocycles. The molecule has 1 aliphatic heterocycles. The zero-order valence-electron chi connectivity index (χ0n) is 16.0. The number of guanidine groups is 1. The van der Waals surface area contributed by atoms with Crippen LogP contribution in [0.25, 0.3) is 0 Å². The SMILES string of the molecule is CCNC(=NCc1ccccc1F)NCCCc1nnc2n1CCCCC2. The summed E-state index contributed by atoms with van der Waals surface area (Å²) in [7, 11) is 0. The topological polar surface area (TPSA) is 67.1 Å². The number of fused-ring (bicyclic) bond motifs is 1. The van der Waals surface area contributed by atoms with Crippen molar-refractivity contribution in [2.45, 2.75) is 58.5 Å². The first-order valence-corrected chi connectivity index (χ1v) is 9.94. The number of aromatic nitrogens is 3. The molecule has 0 aliphatic carbocycles. The van der Waals surface area contributed by atoms with Crippen LogP contribution in [0, 0.1) is 5.82 Å². The lowest BCUT2D eigenvalue weighted by Crippen LogP contribution is -2.38. The van der Waals surface area contributed by atoms with E-state index in [1.165, 1.54) is 25.3 Å². The second-order valence-corrected chi connectivity index (χ2v) is 6.81. The fourth-order valence-electron chi connectivity index (χ4n) is 3.32. The summed E-state index contributed by atoms with van der Waals surface area (Å²) in [5.41, 5.74) is 0.598. The molecule has 6 nitrogen and oxygen atoms in total. The second-order valence-electron chi connectivity index (χ2n) is 6.81. The van der Waals surface area contributed by atoms with Crippen molar-refractivity contribution in [3.05, 3.63) is 47.3 Å². The molecular weight excluding hydrogens is 343 g/mol. The Hall–Kier alpha value is -2.44. The molecule has 7 heteroatoms. The van der Waals surface area contributed by atoms with Gasteiger partial charge in [-0.3, -0.25) is 0 Å². The third-order valence-corrected chi connectivity index (χ3v) is 4.77. The molecule has 0 amide bonds. The molecule has 2 aromatic rings. The highest BCUT2D eigenvalue weighted by molar-refractivity contribution is 5.79. The van der Waals surface area contributed by atoms with Crippen molar-refractivity contribution < 1.29 is 4.39 Å². The van der Waals surface area contributed by atoms with E-state index < -0.39 is 0 Å². The van der Waals surface area contributed by atoms with Gasteiger partial charge in [0.05, 0.1) is 6.54 Å². The van der Waals surface area contributed by atoms with Crippen molar-refractivity contribution in [1.82, 2.24) is 25.4 Å². The molecular formula is C20H29FN6. The van der Waals surface area contributed by atoms with E-state index in [9.17, 15) is 4.39 Å². The van der Waals surface area contributed by atoms with Crippen molar-refractivity contribution in [3.8, 4) is 0 Å². The van der Waals surface area contributed by atoms with Gasteiger partial charge in [0.2, 0.25) is 0 Å². The van der Waals surface area contributed by atoms with Crippen LogP contribution in [0.15, 0.2) is 29.3 Å². The average Bonchev–Trinajstić information content (AvgIpc) is 2.90. The molecule has 3 rings (SSSR count). The van der Waals surface area contributed by atoms with Gasteiger partial charge in [0.15, 0.2) is 5.96 Å². The summed E-state index contributed by atoms with van der Waals surface area (Å²) in [5.74, 6) is 2.71. The summed E-state index contributed by atoms with van der Waals surface area (Å²) in [6.45, 7) is 4.93. The van der Waals surface area contributed by atoms with Gasteiger partial charge < -0.3 is 15.2 Å². The predicted octanol–water partition coefficient (Wildman–Crippen LogP) is 2.83. The predicted molar refractivity (Wildman–Crippen MR) is 105 cm³/mol. The minimum absolute atomic E-state index is 0.218. The fraction of sp³-hybridized carbons (Fsp3) is 0.550. The molecule has 0 atom stereocenters. The van der Waals surface area contributed by atoms with Gasteiger partial charge in [-0.2, -0.15) is 0 Å². The molecule has 0 spiro atoms. The number of hydrogen-bond donors (Lipinski definition) is 2. The van der Waals surface area contributed by atoms with Gasteiger partial charge in [-0.15, -0.1) is 10.2 Å². The minimum Gasteiger partial charge on any atom is -0.357 e. The van der Waals surface area contributed by atoms with E-state index >= 15 is 0 Å². The van der Waals surface area contributed by atoms with Crippen LogP contribution in [0.5, 0.6) is 0 Å². The smallest absolute Gasteiger partial charge is 0.191 e. The molecule has 0 bridgehead atoms. The average molecular weight is 372 g/mol. The normalized spacial score (nSPS) is 14.5. The third-order valence-electron chi connectivity index (χ3n) is 4.77. The highest BCUT2D eigenvalue weighted by Crippen LogP contribution is 2.15. The zero-order chi connectivity index (χ0) is 18.9. The van der Waals surface area contributed by atoms with Crippen molar-refractivity contribution >= 4 is 5.96 Å². The van der Waals surface area contributed by atoms with Crippen molar-refractivity contribution in [3.63, 3.8) is 0 Å². The van der Waals surface area contributed by atoms with E-state index in [1.807, 2.05) is 13.0 Å². The summed E-state index contributed by atoms with van der Waals surface area (Å²) in [6.07, 6.45) is 6.58. The molecule has 0 unspecified atom stereocenters. The maximum absolute atomic E-state index is 13.7. The summed E-state index contributed by atoms with van der Waals surface area (Å²) in [6, 6.07) is 6.75. The van der Waals surface area contributed by atoms with Crippen molar-refractivity contribution in [2.75, 3.05) is 13.1 Å². The molecule has 146 valence electrons. The van der Waals surface area contributed by atoms with E-state index in [4.69, 9.17) is 0 Å².